The Bertz CT molecular complexity index is 538. The number of benzene rings is 1. The van der Waals surface area contributed by atoms with Crippen molar-refractivity contribution in [1.29, 1.82) is 0 Å². The van der Waals surface area contributed by atoms with Crippen molar-refractivity contribution in [3.63, 3.8) is 0 Å². The fourth-order valence-electron chi connectivity index (χ4n) is 2.62. The Kier molecular flexibility index (Phi) is 1.91. The molecule has 0 unspecified atom stereocenters. The first-order valence-corrected chi connectivity index (χ1v) is 5.56. The molecule has 3 heteroatoms. The molecule has 1 aromatic heterocycles. The lowest BCUT2D eigenvalue weighted by molar-refractivity contribution is 0.0105. The minimum atomic E-state index is -0.470. The van der Waals surface area contributed by atoms with E-state index in [0.29, 0.717) is 12.8 Å². The topological polar surface area (TPSA) is 59.4 Å². The van der Waals surface area contributed by atoms with E-state index in [-0.39, 0.29) is 6.10 Å². The summed E-state index contributed by atoms with van der Waals surface area (Å²) < 4.78 is 5.82. The molecule has 84 valence electrons. The molecule has 2 aromatic rings. The van der Waals surface area contributed by atoms with Crippen LogP contribution in [-0.2, 0) is 5.54 Å². The Morgan fingerprint density at radius 3 is 2.69 bits per heavy atom. The van der Waals surface area contributed by atoms with E-state index in [4.69, 9.17) is 10.2 Å². The lowest BCUT2D eigenvalue weighted by Gasteiger charge is -2.40. The second-order valence-corrected chi connectivity index (χ2v) is 4.77. The van der Waals surface area contributed by atoms with Crippen molar-refractivity contribution in [2.75, 3.05) is 0 Å². The molecule has 0 atom stereocenters. The number of para-hydroxylation sites is 1. The molecule has 0 saturated heterocycles. The van der Waals surface area contributed by atoms with Crippen LogP contribution in [0.4, 0.5) is 0 Å². The van der Waals surface area contributed by atoms with Crippen LogP contribution in [0.1, 0.15) is 24.2 Å². The van der Waals surface area contributed by atoms with Gasteiger partial charge in [-0.1, -0.05) is 18.2 Å². The molecule has 1 aromatic carbocycles. The highest BCUT2D eigenvalue weighted by Crippen LogP contribution is 2.43. The lowest BCUT2D eigenvalue weighted by Crippen LogP contribution is -2.51. The summed E-state index contributed by atoms with van der Waals surface area (Å²) in [6.45, 7) is 2.03. The summed E-state index contributed by atoms with van der Waals surface area (Å²) in [6.07, 6.45) is 0.902. The van der Waals surface area contributed by atoms with Crippen LogP contribution in [0, 0.1) is 6.92 Å². The molecule has 0 spiro atoms. The van der Waals surface area contributed by atoms with Crippen molar-refractivity contribution in [2.24, 2.45) is 5.73 Å². The highest BCUT2D eigenvalue weighted by atomic mass is 16.3. The van der Waals surface area contributed by atoms with E-state index >= 15 is 0 Å². The minimum absolute atomic E-state index is 0.280. The highest BCUT2D eigenvalue weighted by molar-refractivity contribution is 5.82. The summed E-state index contributed by atoms with van der Waals surface area (Å²) in [4.78, 5) is 0. The van der Waals surface area contributed by atoms with Crippen molar-refractivity contribution in [3.8, 4) is 0 Å². The monoisotopic (exact) mass is 217 g/mol. The molecule has 1 fully saturated rings. The third-order valence-corrected chi connectivity index (χ3v) is 3.50. The molecule has 1 aliphatic carbocycles. The second kappa shape index (κ2) is 3.09. The molecule has 3 N–H and O–H groups in total. The number of fused-ring (bicyclic) bond motifs is 1. The molecular weight excluding hydrogens is 202 g/mol. The zero-order valence-electron chi connectivity index (χ0n) is 9.23. The summed E-state index contributed by atoms with van der Waals surface area (Å²) in [5, 5.41) is 10.5. The first-order valence-electron chi connectivity index (χ1n) is 5.56. The van der Waals surface area contributed by atoms with E-state index in [1.54, 1.807) is 0 Å². The normalized spacial score (nSPS) is 29.3. The van der Waals surface area contributed by atoms with E-state index < -0.39 is 5.54 Å². The molecule has 1 saturated carbocycles. The molecule has 0 aliphatic heterocycles. The van der Waals surface area contributed by atoms with E-state index in [0.717, 1.165) is 22.3 Å². The van der Waals surface area contributed by atoms with E-state index in [2.05, 4.69) is 0 Å². The maximum Gasteiger partial charge on any atom is 0.134 e. The Morgan fingerprint density at radius 2 is 2.06 bits per heavy atom. The number of aliphatic hydroxyl groups excluding tert-OH is 1. The zero-order valence-corrected chi connectivity index (χ0v) is 9.23. The summed E-state index contributed by atoms with van der Waals surface area (Å²) in [5.74, 6) is 0.832. The maximum atomic E-state index is 9.39. The Morgan fingerprint density at radius 1 is 1.38 bits per heavy atom. The van der Waals surface area contributed by atoms with Crippen molar-refractivity contribution < 1.29 is 9.52 Å². The lowest BCUT2D eigenvalue weighted by atomic mass is 9.72. The highest BCUT2D eigenvalue weighted by Gasteiger charge is 2.45. The smallest absolute Gasteiger partial charge is 0.134 e. The van der Waals surface area contributed by atoms with Gasteiger partial charge in [-0.2, -0.15) is 0 Å². The van der Waals surface area contributed by atoms with Crippen molar-refractivity contribution in [3.05, 3.63) is 35.6 Å². The number of rotatable bonds is 1. The first-order chi connectivity index (χ1) is 7.60. The Hall–Kier alpha value is -1.32. The third-order valence-electron chi connectivity index (χ3n) is 3.50. The predicted octanol–water partition coefficient (Wildman–Crippen LogP) is 2.05. The van der Waals surface area contributed by atoms with E-state index in [9.17, 15) is 5.11 Å². The van der Waals surface area contributed by atoms with Crippen LogP contribution in [-0.4, -0.2) is 11.2 Å². The van der Waals surface area contributed by atoms with Crippen molar-refractivity contribution in [2.45, 2.75) is 31.4 Å². The van der Waals surface area contributed by atoms with Gasteiger partial charge in [-0.25, -0.2) is 0 Å². The van der Waals surface area contributed by atoms with Gasteiger partial charge in [0.2, 0.25) is 0 Å². The number of hydrogen-bond acceptors (Lipinski definition) is 3. The standard InChI is InChI=1S/C13H15NO2/c1-8-10-4-2-3-5-11(10)16-12(8)13(14)6-9(15)7-13/h2-5,9,15H,6-7,14H2,1H3. The molecule has 3 nitrogen and oxygen atoms in total. The first kappa shape index (κ1) is 9.87. The van der Waals surface area contributed by atoms with Gasteiger partial charge < -0.3 is 15.3 Å². The molecule has 0 bridgehead atoms. The van der Waals surface area contributed by atoms with Gasteiger partial charge in [0.25, 0.3) is 0 Å². The van der Waals surface area contributed by atoms with Crippen LogP contribution >= 0.6 is 0 Å². The van der Waals surface area contributed by atoms with E-state index in [1.807, 2.05) is 31.2 Å². The Balaban J connectivity index is 2.14. The van der Waals surface area contributed by atoms with Crippen LogP contribution in [0.2, 0.25) is 0 Å². The number of aryl methyl sites for hydroxylation is 1. The van der Waals surface area contributed by atoms with Gasteiger partial charge >= 0.3 is 0 Å². The van der Waals surface area contributed by atoms with Crippen molar-refractivity contribution in [1.82, 2.24) is 0 Å². The molecule has 0 amide bonds. The van der Waals surface area contributed by atoms with Gasteiger partial charge in [-0.3, -0.25) is 0 Å². The molecule has 1 aliphatic rings. The van der Waals surface area contributed by atoms with Gasteiger partial charge in [-0.15, -0.1) is 0 Å². The average molecular weight is 217 g/mol. The summed E-state index contributed by atoms with van der Waals surface area (Å²) in [7, 11) is 0. The van der Waals surface area contributed by atoms with Crippen LogP contribution in [0.15, 0.2) is 28.7 Å². The van der Waals surface area contributed by atoms with Gasteiger partial charge in [0.1, 0.15) is 11.3 Å². The van der Waals surface area contributed by atoms with Gasteiger partial charge in [-0.05, 0) is 25.8 Å². The second-order valence-electron chi connectivity index (χ2n) is 4.77. The maximum absolute atomic E-state index is 9.39. The van der Waals surface area contributed by atoms with Crippen LogP contribution in [0.3, 0.4) is 0 Å². The van der Waals surface area contributed by atoms with Crippen LogP contribution < -0.4 is 5.73 Å². The fraction of sp³-hybridized carbons (Fsp3) is 0.385. The van der Waals surface area contributed by atoms with Gasteiger partial charge in [0.15, 0.2) is 0 Å². The molecule has 3 rings (SSSR count). The average Bonchev–Trinajstić information content (AvgIpc) is 2.55. The summed E-state index contributed by atoms with van der Waals surface area (Å²) in [5.41, 5.74) is 7.73. The number of nitrogens with two attached hydrogens (primary N) is 1. The summed E-state index contributed by atoms with van der Waals surface area (Å²) in [6, 6.07) is 7.93. The van der Waals surface area contributed by atoms with Crippen molar-refractivity contribution >= 4 is 11.0 Å². The quantitative estimate of drug-likeness (QED) is 0.768. The molecule has 0 radical (unpaired) electrons. The third kappa shape index (κ3) is 1.22. The molecular formula is C13H15NO2. The molecule has 16 heavy (non-hydrogen) atoms. The predicted molar refractivity (Wildman–Crippen MR) is 62.1 cm³/mol. The number of hydrogen-bond donors (Lipinski definition) is 2. The van der Waals surface area contributed by atoms with Gasteiger partial charge in [0.05, 0.1) is 11.6 Å². The molecule has 1 heterocycles. The van der Waals surface area contributed by atoms with Crippen LogP contribution in [0.5, 0.6) is 0 Å². The largest absolute Gasteiger partial charge is 0.459 e. The minimum Gasteiger partial charge on any atom is -0.459 e. The number of furan rings is 1. The SMILES string of the molecule is Cc1c(C2(N)CC(O)C2)oc2ccccc12. The number of aliphatic hydroxyl groups is 1. The van der Waals surface area contributed by atoms with Gasteiger partial charge in [0, 0.05) is 10.9 Å². The fourth-order valence-corrected chi connectivity index (χ4v) is 2.62. The Labute approximate surface area is 93.9 Å². The van der Waals surface area contributed by atoms with Crippen LogP contribution in [0.25, 0.3) is 11.0 Å². The summed E-state index contributed by atoms with van der Waals surface area (Å²) >= 11 is 0. The zero-order chi connectivity index (χ0) is 11.3. The van der Waals surface area contributed by atoms with E-state index in [1.165, 1.54) is 0 Å².